The average Bonchev–Trinajstić information content (AvgIpc) is 3.54. The fraction of sp³-hybridized carbons (Fsp3) is 0.455. The van der Waals surface area contributed by atoms with Gasteiger partial charge in [0.25, 0.3) is 5.78 Å². The van der Waals surface area contributed by atoms with Crippen molar-refractivity contribution in [3.63, 3.8) is 0 Å². The molecule has 0 unspecified atom stereocenters. The van der Waals surface area contributed by atoms with Crippen LogP contribution in [0.3, 0.4) is 0 Å². The van der Waals surface area contributed by atoms with E-state index in [1.54, 1.807) is 13.0 Å². The van der Waals surface area contributed by atoms with Crippen molar-refractivity contribution in [1.29, 1.82) is 0 Å². The number of nitrogens with zero attached hydrogens (tertiary/aromatic N) is 5. The van der Waals surface area contributed by atoms with E-state index in [0.29, 0.717) is 35.5 Å². The van der Waals surface area contributed by atoms with Crippen molar-refractivity contribution in [3.8, 4) is 0 Å². The first-order chi connectivity index (χ1) is 16.0. The van der Waals surface area contributed by atoms with Crippen LogP contribution in [0, 0.1) is 12.8 Å². The third kappa shape index (κ3) is 4.67. The summed E-state index contributed by atoms with van der Waals surface area (Å²) in [4.78, 5) is 21.5. The highest BCUT2D eigenvalue weighted by Gasteiger charge is 2.48. The van der Waals surface area contributed by atoms with Crippen LogP contribution < -0.4 is 5.32 Å². The van der Waals surface area contributed by atoms with Gasteiger partial charge in [0, 0.05) is 25.8 Å². The third-order valence-electron chi connectivity index (χ3n) is 5.93. The Morgan fingerprint density at radius 3 is 2.65 bits per heavy atom. The highest BCUT2D eigenvalue weighted by Crippen LogP contribution is 2.42. The molecule has 1 N–H and O–H groups in total. The molecule has 2 atom stereocenters. The van der Waals surface area contributed by atoms with Gasteiger partial charge in [-0.25, -0.2) is 4.98 Å². The molecule has 0 aliphatic heterocycles. The van der Waals surface area contributed by atoms with E-state index in [1.807, 2.05) is 6.92 Å². The summed E-state index contributed by atoms with van der Waals surface area (Å²) < 4.78 is 48.9. The summed E-state index contributed by atoms with van der Waals surface area (Å²) in [5.74, 6) is -0.504. The molecule has 3 aromatic rings. The minimum absolute atomic E-state index is 0.0247. The van der Waals surface area contributed by atoms with E-state index in [0.717, 1.165) is 4.90 Å². The molecule has 34 heavy (non-hydrogen) atoms. The van der Waals surface area contributed by atoms with E-state index in [-0.39, 0.29) is 22.5 Å². The van der Waals surface area contributed by atoms with Gasteiger partial charge < -0.3 is 15.0 Å². The quantitative estimate of drug-likeness (QED) is 0.495. The Bertz CT molecular complexity index is 1230. The maximum Gasteiger partial charge on any atom is 0.413 e. The molecular weight excluding hydrogens is 473 g/mol. The number of rotatable bonds is 7. The molecule has 182 valence electrons. The van der Waals surface area contributed by atoms with Crippen LogP contribution in [-0.4, -0.2) is 50.7 Å². The number of hydrogen-bond donors (Lipinski definition) is 1. The number of carbonyl (C=O) groups is 1. The molecule has 8 nitrogen and oxygen atoms in total. The van der Waals surface area contributed by atoms with Gasteiger partial charge in [0.15, 0.2) is 6.04 Å². The number of anilines is 2. The van der Waals surface area contributed by atoms with E-state index in [2.05, 4.69) is 20.4 Å². The maximum atomic E-state index is 14.0. The first kappa shape index (κ1) is 24.2. The van der Waals surface area contributed by atoms with Gasteiger partial charge in [-0.3, -0.25) is 4.79 Å². The number of aryl methyl sites for hydroxylation is 1. The highest BCUT2D eigenvalue weighted by molar-refractivity contribution is 6.28. The zero-order valence-corrected chi connectivity index (χ0v) is 19.8. The Morgan fingerprint density at radius 1 is 1.35 bits per heavy atom. The highest BCUT2D eigenvalue weighted by atomic mass is 35.5. The second kappa shape index (κ2) is 9.03. The second-order valence-corrected chi connectivity index (χ2v) is 8.73. The van der Waals surface area contributed by atoms with Gasteiger partial charge in [-0.1, -0.05) is 6.07 Å². The van der Waals surface area contributed by atoms with Crippen molar-refractivity contribution in [3.05, 3.63) is 46.5 Å². The lowest BCUT2D eigenvalue weighted by Crippen LogP contribution is -2.40. The van der Waals surface area contributed by atoms with E-state index >= 15 is 0 Å². The molecule has 1 fully saturated rings. The molecular formula is C22H24ClF3N6O2. The molecule has 12 heteroatoms. The number of methoxy groups -OCH3 is 1. The SMILES string of the molecule is CO[C@@H](C)c1c(Nc2ccc([C@H](N(C)C(=O)C3CC3)C(F)(F)F)c(C)c2)cnc2nc(Cl)nn12. The largest absolute Gasteiger partial charge is 0.413 e. The van der Waals surface area contributed by atoms with Crippen molar-refractivity contribution in [2.75, 3.05) is 19.5 Å². The molecule has 0 bridgehead atoms. The number of halogens is 4. The van der Waals surface area contributed by atoms with Crippen molar-refractivity contribution in [2.24, 2.45) is 5.92 Å². The van der Waals surface area contributed by atoms with E-state index in [1.165, 1.54) is 37.0 Å². The van der Waals surface area contributed by atoms with Gasteiger partial charge in [0.1, 0.15) is 0 Å². The Hall–Kier alpha value is -2.92. The topological polar surface area (TPSA) is 84.6 Å². The van der Waals surface area contributed by atoms with Crippen molar-refractivity contribution < 1.29 is 22.7 Å². The minimum Gasteiger partial charge on any atom is -0.375 e. The summed E-state index contributed by atoms with van der Waals surface area (Å²) in [6.45, 7) is 3.40. The van der Waals surface area contributed by atoms with Crippen LogP contribution in [-0.2, 0) is 9.53 Å². The summed E-state index contributed by atoms with van der Waals surface area (Å²) >= 11 is 5.93. The molecule has 2 aromatic heterocycles. The van der Waals surface area contributed by atoms with Gasteiger partial charge in [0.05, 0.1) is 23.7 Å². The van der Waals surface area contributed by atoms with Gasteiger partial charge in [-0.2, -0.15) is 22.7 Å². The summed E-state index contributed by atoms with van der Waals surface area (Å²) in [6.07, 6.45) is -2.22. The minimum atomic E-state index is -4.61. The number of hydrogen-bond acceptors (Lipinski definition) is 6. The molecule has 0 spiro atoms. The fourth-order valence-corrected chi connectivity index (χ4v) is 4.14. The van der Waals surface area contributed by atoms with Crippen molar-refractivity contribution >= 4 is 34.7 Å². The molecule has 0 radical (unpaired) electrons. The zero-order chi connectivity index (χ0) is 24.8. The summed E-state index contributed by atoms with van der Waals surface area (Å²) in [7, 11) is 2.75. The smallest absolute Gasteiger partial charge is 0.375 e. The number of fused-ring (bicyclic) bond motifs is 1. The van der Waals surface area contributed by atoms with E-state index < -0.39 is 24.2 Å². The van der Waals surface area contributed by atoms with Gasteiger partial charge in [-0.05, 0) is 61.5 Å². The summed E-state index contributed by atoms with van der Waals surface area (Å²) in [6, 6.07) is 2.51. The van der Waals surface area contributed by atoms with Gasteiger partial charge in [0.2, 0.25) is 11.2 Å². The Kier molecular flexibility index (Phi) is 6.43. The van der Waals surface area contributed by atoms with Gasteiger partial charge in [-0.15, -0.1) is 5.10 Å². The molecule has 1 aromatic carbocycles. The molecule has 1 aliphatic rings. The van der Waals surface area contributed by atoms with E-state index in [4.69, 9.17) is 16.3 Å². The van der Waals surface area contributed by atoms with Crippen LogP contribution in [0.4, 0.5) is 24.5 Å². The average molecular weight is 497 g/mol. The van der Waals surface area contributed by atoms with Gasteiger partial charge >= 0.3 is 6.18 Å². The molecule has 1 amide bonds. The summed E-state index contributed by atoms with van der Waals surface area (Å²) in [5.41, 5.74) is 2.08. The number of carbonyl (C=O) groups excluding carboxylic acids is 1. The lowest BCUT2D eigenvalue weighted by molar-refractivity contribution is -0.189. The van der Waals surface area contributed by atoms with Crippen LogP contribution in [0.2, 0.25) is 5.28 Å². The monoisotopic (exact) mass is 496 g/mol. The third-order valence-corrected chi connectivity index (χ3v) is 6.09. The number of alkyl halides is 3. The number of aromatic nitrogens is 4. The lowest BCUT2D eigenvalue weighted by Gasteiger charge is -2.31. The van der Waals surface area contributed by atoms with Crippen LogP contribution >= 0.6 is 11.6 Å². The number of ether oxygens (including phenoxy) is 1. The Morgan fingerprint density at radius 2 is 2.06 bits per heavy atom. The van der Waals surface area contributed by atoms with Crippen LogP contribution in [0.25, 0.3) is 5.78 Å². The first-order valence-corrected chi connectivity index (χ1v) is 11.0. The first-order valence-electron chi connectivity index (χ1n) is 10.7. The molecule has 2 heterocycles. The fourth-order valence-electron chi connectivity index (χ4n) is 3.99. The number of amides is 1. The normalized spacial score (nSPS) is 15.9. The van der Waals surface area contributed by atoms with Crippen LogP contribution in [0.1, 0.15) is 48.7 Å². The Balaban J connectivity index is 1.68. The molecule has 0 saturated heterocycles. The summed E-state index contributed by atoms with van der Waals surface area (Å²) in [5, 5.41) is 7.35. The number of benzene rings is 1. The van der Waals surface area contributed by atoms with Crippen molar-refractivity contribution in [2.45, 2.75) is 45.0 Å². The molecule has 1 saturated carbocycles. The van der Waals surface area contributed by atoms with E-state index in [9.17, 15) is 18.0 Å². The predicted molar refractivity (Wildman–Crippen MR) is 120 cm³/mol. The lowest BCUT2D eigenvalue weighted by atomic mass is 9.98. The second-order valence-electron chi connectivity index (χ2n) is 8.39. The maximum absolute atomic E-state index is 14.0. The number of nitrogens with one attached hydrogen (secondary N) is 1. The molecule has 4 rings (SSSR count). The standard InChI is InChI=1S/C22H24ClF3N6O2/c1-11-9-14(7-8-15(11)18(22(24,25)26)31(3)19(33)13-5-6-13)28-16-10-27-21-29-20(23)30-32(21)17(16)12(2)34-4/h7-10,12-13,18,28H,5-6H2,1-4H3/t12-,18-/m0/s1. The van der Waals surface area contributed by atoms with Crippen LogP contribution in [0.15, 0.2) is 24.4 Å². The van der Waals surface area contributed by atoms with Crippen molar-refractivity contribution in [1.82, 2.24) is 24.5 Å². The predicted octanol–water partition coefficient (Wildman–Crippen LogP) is 5.01. The zero-order valence-electron chi connectivity index (χ0n) is 19.0. The molecule has 1 aliphatic carbocycles. The van der Waals surface area contributed by atoms with Crippen LogP contribution in [0.5, 0.6) is 0 Å². The Labute approximate surface area is 199 Å².